The highest BCUT2D eigenvalue weighted by molar-refractivity contribution is 5.74. The van der Waals surface area contributed by atoms with E-state index in [0.29, 0.717) is 6.54 Å². The quantitative estimate of drug-likeness (QED) is 0.919. The van der Waals surface area contributed by atoms with Crippen molar-refractivity contribution in [2.45, 2.75) is 70.1 Å². The van der Waals surface area contributed by atoms with Gasteiger partial charge in [-0.25, -0.2) is 4.79 Å². The zero-order chi connectivity index (χ0) is 16.4. The molecule has 0 radical (unpaired) electrons. The van der Waals surface area contributed by atoms with Crippen LogP contribution < -0.4 is 5.32 Å². The largest absolute Gasteiger partial charge is 0.376 e. The molecule has 2 fully saturated rings. The van der Waals surface area contributed by atoms with Crippen LogP contribution in [0.25, 0.3) is 0 Å². The van der Waals surface area contributed by atoms with Crippen LogP contribution >= 0.6 is 0 Å². The van der Waals surface area contributed by atoms with Crippen LogP contribution in [-0.2, 0) is 17.7 Å². The van der Waals surface area contributed by atoms with Crippen molar-refractivity contribution in [3.8, 4) is 0 Å². The lowest BCUT2D eigenvalue weighted by Gasteiger charge is -2.35. The molecule has 7 heteroatoms. The number of aryl methyl sites for hydroxylation is 1. The third-order valence-corrected chi connectivity index (χ3v) is 5.45. The number of nitrogens with one attached hydrogen (secondary N) is 1. The lowest BCUT2D eigenvalue weighted by atomic mass is 10.0. The van der Waals surface area contributed by atoms with Crippen molar-refractivity contribution in [2.24, 2.45) is 0 Å². The highest BCUT2D eigenvalue weighted by Gasteiger charge is 2.33. The maximum absolute atomic E-state index is 12.7. The van der Waals surface area contributed by atoms with Gasteiger partial charge in [0.25, 0.3) is 0 Å². The van der Waals surface area contributed by atoms with E-state index in [0.717, 1.165) is 69.9 Å². The summed E-state index contributed by atoms with van der Waals surface area (Å²) in [6, 6.07) is 0.0750. The average molecular weight is 333 g/mol. The first-order chi connectivity index (χ1) is 11.8. The Kier molecular flexibility index (Phi) is 4.69. The summed E-state index contributed by atoms with van der Waals surface area (Å²) in [5, 5.41) is 11.9. The van der Waals surface area contributed by atoms with E-state index in [2.05, 4.69) is 20.1 Å². The van der Waals surface area contributed by atoms with Crippen molar-refractivity contribution in [3.05, 3.63) is 11.6 Å². The monoisotopic (exact) mass is 333 g/mol. The molecule has 3 aliphatic heterocycles. The number of aromatic nitrogens is 3. The van der Waals surface area contributed by atoms with Gasteiger partial charge in [-0.15, -0.1) is 10.2 Å². The van der Waals surface area contributed by atoms with Crippen LogP contribution in [0.3, 0.4) is 0 Å². The number of amides is 2. The first-order valence-corrected chi connectivity index (χ1v) is 9.41. The Morgan fingerprint density at radius 2 is 2.04 bits per heavy atom. The molecule has 0 saturated carbocycles. The van der Waals surface area contributed by atoms with Crippen molar-refractivity contribution >= 4 is 6.03 Å². The van der Waals surface area contributed by atoms with E-state index in [4.69, 9.17) is 4.74 Å². The summed E-state index contributed by atoms with van der Waals surface area (Å²) in [5.74, 6) is 2.07. The van der Waals surface area contributed by atoms with Crippen LogP contribution in [-0.4, -0.2) is 51.5 Å². The molecule has 2 amide bonds. The molecule has 0 spiro atoms. The van der Waals surface area contributed by atoms with Gasteiger partial charge >= 0.3 is 6.03 Å². The van der Waals surface area contributed by atoms with Crippen molar-refractivity contribution in [3.63, 3.8) is 0 Å². The highest BCUT2D eigenvalue weighted by atomic mass is 16.5. The molecule has 1 N–H and O–H groups in total. The number of piperidine rings is 1. The van der Waals surface area contributed by atoms with Crippen LogP contribution in [0.2, 0.25) is 0 Å². The molecule has 7 nitrogen and oxygen atoms in total. The topological polar surface area (TPSA) is 72.3 Å². The van der Waals surface area contributed by atoms with E-state index in [-0.39, 0.29) is 18.2 Å². The van der Waals surface area contributed by atoms with Gasteiger partial charge in [-0.2, -0.15) is 0 Å². The predicted octanol–water partition coefficient (Wildman–Crippen LogP) is 2.03. The first kappa shape index (κ1) is 15.9. The van der Waals surface area contributed by atoms with Crippen molar-refractivity contribution < 1.29 is 9.53 Å². The van der Waals surface area contributed by atoms with E-state index in [1.807, 2.05) is 4.90 Å². The number of nitrogens with zero attached hydrogens (tertiary/aromatic N) is 4. The second-order valence-electron chi connectivity index (χ2n) is 7.11. The number of carbonyl (C=O) groups is 1. The SMILES string of the molecule is O=C(NC[C@H]1CCCO1)N1CCCC[C@@H]1c1nnc2n1CCCC2. The molecule has 3 aliphatic rings. The summed E-state index contributed by atoms with van der Waals surface area (Å²) in [6.45, 7) is 3.21. The van der Waals surface area contributed by atoms with Gasteiger partial charge in [0, 0.05) is 32.7 Å². The Labute approximate surface area is 142 Å². The van der Waals surface area contributed by atoms with E-state index in [9.17, 15) is 4.79 Å². The third-order valence-electron chi connectivity index (χ3n) is 5.45. The molecular formula is C17H27N5O2. The van der Waals surface area contributed by atoms with E-state index < -0.39 is 0 Å². The van der Waals surface area contributed by atoms with Gasteiger partial charge < -0.3 is 19.5 Å². The van der Waals surface area contributed by atoms with Gasteiger partial charge in [0.2, 0.25) is 0 Å². The molecule has 24 heavy (non-hydrogen) atoms. The summed E-state index contributed by atoms with van der Waals surface area (Å²) in [6.07, 6.45) is 8.87. The van der Waals surface area contributed by atoms with Gasteiger partial charge in [0.05, 0.1) is 12.1 Å². The maximum Gasteiger partial charge on any atom is 0.318 e. The van der Waals surface area contributed by atoms with Crippen molar-refractivity contribution in [2.75, 3.05) is 19.7 Å². The van der Waals surface area contributed by atoms with Gasteiger partial charge in [0.1, 0.15) is 5.82 Å². The van der Waals surface area contributed by atoms with Gasteiger partial charge in [-0.1, -0.05) is 0 Å². The second-order valence-corrected chi connectivity index (χ2v) is 7.11. The molecule has 0 aromatic carbocycles. The Morgan fingerprint density at radius 1 is 1.12 bits per heavy atom. The Hall–Kier alpha value is -1.63. The predicted molar refractivity (Wildman–Crippen MR) is 88.6 cm³/mol. The van der Waals surface area contributed by atoms with E-state index in [1.54, 1.807) is 0 Å². The minimum Gasteiger partial charge on any atom is -0.376 e. The van der Waals surface area contributed by atoms with Gasteiger partial charge in [0.15, 0.2) is 5.82 Å². The first-order valence-electron chi connectivity index (χ1n) is 9.41. The summed E-state index contributed by atoms with van der Waals surface area (Å²) in [7, 11) is 0. The Morgan fingerprint density at radius 3 is 2.92 bits per heavy atom. The van der Waals surface area contributed by atoms with Crippen LogP contribution in [0.5, 0.6) is 0 Å². The zero-order valence-corrected chi connectivity index (χ0v) is 14.2. The number of likely N-dealkylation sites (tertiary alicyclic amines) is 1. The lowest BCUT2D eigenvalue weighted by Crippen LogP contribution is -2.47. The smallest absolute Gasteiger partial charge is 0.318 e. The maximum atomic E-state index is 12.7. The number of ether oxygens (including phenoxy) is 1. The average Bonchev–Trinajstić information content (AvgIpc) is 3.29. The molecular weight excluding hydrogens is 306 g/mol. The summed E-state index contributed by atoms with van der Waals surface area (Å²) in [5.41, 5.74) is 0. The van der Waals surface area contributed by atoms with Crippen LogP contribution in [0.4, 0.5) is 4.79 Å². The lowest BCUT2D eigenvalue weighted by molar-refractivity contribution is 0.103. The summed E-state index contributed by atoms with van der Waals surface area (Å²) < 4.78 is 7.85. The van der Waals surface area contributed by atoms with Crippen molar-refractivity contribution in [1.29, 1.82) is 0 Å². The molecule has 2 atom stereocenters. The fourth-order valence-electron chi connectivity index (χ4n) is 4.13. The minimum absolute atomic E-state index is 0.0170. The highest BCUT2D eigenvalue weighted by Crippen LogP contribution is 2.31. The Bertz CT molecular complexity index is 582. The normalized spacial score (nSPS) is 27.1. The van der Waals surface area contributed by atoms with E-state index in [1.165, 1.54) is 12.8 Å². The van der Waals surface area contributed by atoms with E-state index >= 15 is 0 Å². The van der Waals surface area contributed by atoms with Gasteiger partial charge in [-0.3, -0.25) is 0 Å². The zero-order valence-electron chi connectivity index (χ0n) is 14.2. The molecule has 1 aromatic heterocycles. The molecule has 4 rings (SSSR count). The summed E-state index contributed by atoms with van der Waals surface area (Å²) in [4.78, 5) is 14.7. The van der Waals surface area contributed by atoms with Crippen molar-refractivity contribution in [1.82, 2.24) is 25.0 Å². The van der Waals surface area contributed by atoms with Crippen LogP contribution in [0.15, 0.2) is 0 Å². The number of carbonyl (C=O) groups excluding carboxylic acids is 1. The molecule has 4 heterocycles. The molecule has 2 saturated heterocycles. The number of urea groups is 1. The third kappa shape index (κ3) is 3.14. The fourth-order valence-corrected chi connectivity index (χ4v) is 4.13. The molecule has 0 bridgehead atoms. The van der Waals surface area contributed by atoms with Gasteiger partial charge in [-0.05, 0) is 44.9 Å². The summed E-state index contributed by atoms with van der Waals surface area (Å²) >= 11 is 0. The van der Waals surface area contributed by atoms with Crippen LogP contribution in [0, 0.1) is 0 Å². The molecule has 0 aliphatic carbocycles. The molecule has 1 aromatic rings. The number of rotatable bonds is 3. The minimum atomic E-state index is 0.0170. The molecule has 0 unspecified atom stereocenters. The fraction of sp³-hybridized carbons (Fsp3) is 0.824. The number of fused-ring (bicyclic) bond motifs is 1. The van der Waals surface area contributed by atoms with Crippen LogP contribution in [0.1, 0.15) is 62.6 Å². The Balaban J connectivity index is 1.46. The number of hydrogen-bond acceptors (Lipinski definition) is 4. The standard InChI is InChI=1S/C17H27N5O2/c23-17(18-12-13-6-5-11-24-13)21-9-3-1-7-14(21)16-20-19-15-8-2-4-10-22(15)16/h13-14H,1-12H2,(H,18,23)/t13-,14-/m1/s1. The second kappa shape index (κ2) is 7.09. The number of hydrogen-bond donors (Lipinski definition) is 1. The molecule has 132 valence electrons.